The van der Waals surface area contributed by atoms with E-state index >= 15 is 0 Å². The van der Waals surface area contributed by atoms with Gasteiger partial charge in [-0.2, -0.15) is 11.8 Å². The zero-order valence-corrected chi connectivity index (χ0v) is 6.30. The Balaban J connectivity index is 2.06. The second kappa shape index (κ2) is 2.05. The quantitative estimate of drug-likeness (QED) is 0.569. The summed E-state index contributed by atoms with van der Waals surface area (Å²) in [6.45, 7) is 0. The molecule has 3 heterocycles. The molecule has 3 saturated heterocycles. The zero-order chi connectivity index (χ0) is 7.14. The summed E-state index contributed by atoms with van der Waals surface area (Å²) in [6.07, 6.45) is 0.362. The third-order valence-electron chi connectivity index (χ3n) is 2.17. The maximum atomic E-state index is 10.5. The van der Waals surface area contributed by atoms with Crippen LogP contribution in [0, 0.1) is 0 Å². The Morgan fingerprint density at radius 3 is 2.40 bits per heavy atom. The summed E-state index contributed by atoms with van der Waals surface area (Å²) in [6, 6.07) is 0.669. The Labute approximate surface area is 63.4 Å². The number of hydrogen-bond donors (Lipinski definition) is 1. The lowest BCUT2D eigenvalue weighted by atomic mass is 9.96. The van der Waals surface area contributed by atoms with Gasteiger partial charge in [-0.15, -0.1) is 0 Å². The van der Waals surface area contributed by atoms with Crippen molar-refractivity contribution < 1.29 is 9.90 Å². The summed E-state index contributed by atoms with van der Waals surface area (Å²) in [5, 5.41) is 8.66. The molecule has 0 aliphatic carbocycles. The van der Waals surface area contributed by atoms with Gasteiger partial charge in [-0.1, -0.05) is 0 Å². The average Bonchev–Trinajstić information content (AvgIpc) is 1.87. The van der Waals surface area contributed by atoms with Crippen molar-refractivity contribution in [3.8, 4) is 0 Å². The number of carbonyl (C=O) groups is 1. The van der Waals surface area contributed by atoms with E-state index in [0.717, 1.165) is 17.9 Å². The lowest BCUT2D eigenvalue weighted by molar-refractivity contribution is 0.0407. The first-order valence-corrected chi connectivity index (χ1v) is 4.53. The first kappa shape index (κ1) is 6.34. The Morgan fingerprint density at radius 2 is 2.10 bits per heavy atom. The van der Waals surface area contributed by atoms with Crippen molar-refractivity contribution in [1.29, 1.82) is 0 Å². The van der Waals surface area contributed by atoms with Crippen LogP contribution >= 0.6 is 11.8 Å². The molecule has 0 aromatic carbocycles. The Kier molecular flexibility index (Phi) is 1.30. The highest BCUT2D eigenvalue weighted by molar-refractivity contribution is 7.99. The SMILES string of the molecule is O=C(O)N1C2CSCC1C2. The Morgan fingerprint density at radius 1 is 1.50 bits per heavy atom. The van der Waals surface area contributed by atoms with Crippen LogP contribution in [-0.2, 0) is 0 Å². The molecule has 3 nitrogen and oxygen atoms in total. The first-order chi connectivity index (χ1) is 4.79. The smallest absolute Gasteiger partial charge is 0.407 e. The van der Waals surface area contributed by atoms with Gasteiger partial charge in [0.25, 0.3) is 0 Å². The summed E-state index contributed by atoms with van der Waals surface area (Å²) in [5.74, 6) is 2.01. The van der Waals surface area contributed by atoms with Crippen molar-refractivity contribution in [3.05, 3.63) is 0 Å². The number of hydrogen-bond acceptors (Lipinski definition) is 2. The molecule has 0 aromatic rings. The number of thioether (sulfide) groups is 1. The van der Waals surface area contributed by atoms with E-state index in [1.54, 1.807) is 4.90 Å². The average molecular weight is 159 g/mol. The minimum atomic E-state index is -0.735. The van der Waals surface area contributed by atoms with Crippen LogP contribution in [0.15, 0.2) is 0 Å². The van der Waals surface area contributed by atoms with Crippen LogP contribution in [-0.4, -0.2) is 39.7 Å². The van der Waals surface area contributed by atoms with Gasteiger partial charge >= 0.3 is 6.09 Å². The van der Waals surface area contributed by atoms with Gasteiger partial charge in [-0.3, -0.25) is 0 Å². The first-order valence-electron chi connectivity index (χ1n) is 3.38. The van der Waals surface area contributed by atoms with Gasteiger partial charge in [-0.05, 0) is 6.42 Å². The molecule has 1 amide bonds. The van der Waals surface area contributed by atoms with Crippen LogP contribution in [0.4, 0.5) is 4.79 Å². The highest BCUT2D eigenvalue weighted by Crippen LogP contribution is 2.36. The summed E-state index contributed by atoms with van der Waals surface area (Å²) in [7, 11) is 0. The molecule has 4 heteroatoms. The van der Waals surface area contributed by atoms with Gasteiger partial charge in [0.15, 0.2) is 0 Å². The van der Waals surface area contributed by atoms with Crippen molar-refractivity contribution in [2.75, 3.05) is 11.5 Å². The van der Waals surface area contributed by atoms with Crippen LogP contribution < -0.4 is 0 Å². The molecule has 2 unspecified atom stereocenters. The predicted octanol–water partition coefficient (Wildman–Crippen LogP) is 0.854. The molecule has 3 aliphatic rings. The van der Waals surface area contributed by atoms with Crippen LogP contribution in [0.3, 0.4) is 0 Å². The zero-order valence-electron chi connectivity index (χ0n) is 5.49. The minimum absolute atomic E-state index is 0.334. The molecule has 1 N–H and O–H groups in total. The van der Waals surface area contributed by atoms with E-state index in [4.69, 9.17) is 5.11 Å². The standard InChI is InChI=1S/C6H9NO2S/c8-6(9)7-4-1-5(7)3-10-2-4/h4-5H,1-3H2,(H,8,9). The highest BCUT2D eigenvalue weighted by Gasteiger charge is 2.44. The van der Waals surface area contributed by atoms with Gasteiger partial charge in [-0.25, -0.2) is 4.79 Å². The fraction of sp³-hybridized carbons (Fsp3) is 0.833. The van der Waals surface area contributed by atoms with Crippen molar-refractivity contribution >= 4 is 17.9 Å². The normalized spacial score (nSPS) is 37.0. The molecule has 0 radical (unpaired) electrons. The van der Waals surface area contributed by atoms with Crippen molar-refractivity contribution in [3.63, 3.8) is 0 Å². The highest BCUT2D eigenvalue weighted by atomic mass is 32.2. The van der Waals surface area contributed by atoms with Gasteiger partial charge in [0, 0.05) is 23.6 Å². The van der Waals surface area contributed by atoms with Crippen molar-refractivity contribution in [1.82, 2.24) is 4.90 Å². The molecule has 2 atom stereocenters. The Hall–Kier alpha value is -0.380. The third-order valence-corrected chi connectivity index (χ3v) is 3.41. The van der Waals surface area contributed by atoms with Gasteiger partial charge in [0.2, 0.25) is 0 Å². The van der Waals surface area contributed by atoms with E-state index in [1.807, 2.05) is 11.8 Å². The molecule has 0 spiro atoms. The number of nitrogens with zero attached hydrogens (tertiary/aromatic N) is 1. The van der Waals surface area contributed by atoms with Gasteiger partial charge in [0.05, 0.1) is 0 Å². The fourth-order valence-electron chi connectivity index (χ4n) is 1.65. The monoisotopic (exact) mass is 159 g/mol. The molecule has 2 bridgehead atoms. The van der Waals surface area contributed by atoms with E-state index in [1.165, 1.54) is 0 Å². The molecule has 3 fully saturated rings. The van der Waals surface area contributed by atoms with Gasteiger partial charge in [0.1, 0.15) is 0 Å². The van der Waals surface area contributed by atoms with Crippen LogP contribution in [0.1, 0.15) is 6.42 Å². The lowest BCUT2D eigenvalue weighted by Gasteiger charge is -2.50. The van der Waals surface area contributed by atoms with E-state index in [9.17, 15) is 4.79 Å². The van der Waals surface area contributed by atoms with E-state index < -0.39 is 6.09 Å². The molecule has 3 aliphatic heterocycles. The molecule has 3 rings (SSSR count). The van der Waals surface area contributed by atoms with E-state index in [-0.39, 0.29) is 0 Å². The second-order valence-corrected chi connectivity index (χ2v) is 3.85. The molecule has 10 heavy (non-hydrogen) atoms. The summed E-state index contributed by atoms with van der Waals surface area (Å²) in [4.78, 5) is 12.1. The maximum Gasteiger partial charge on any atom is 0.407 e. The second-order valence-electron chi connectivity index (χ2n) is 2.77. The number of rotatable bonds is 0. The van der Waals surface area contributed by atoms with Crippen molar-refractivity contribution in [2.45, 2.75) is 18.5 Å². The van der Waals surface area contributed by atoms with Crippen molar-refractivity contribution in [2.24, 2.45) is 0 Å². The van der Waals surface area contributed by atoms with Crippen LogP contribution in [0.5, 0.6) is 0 Å². The largest absolute Gasteiger partial charge is 0.465 e. The van der Waals surface area contributed by atoms with Crippen LogP contribution in [0.2, 0.25) is 0 Å². The molecular formula is C6H9NO2S. The third kappa shape index (κ3) is 0.714. The maximum absolute atomic E-state index is 10.5. The van der Waals surface area contributed by atoms with E-state index in [2.05, 4.69) is 0 Å². The van der Waals surface area contributed by atoms with Crippen LogP contribution in [0.25, 0.3) is 0 Å². The number of fused-ring (bicyclic) bond motifs is 2. The number of carboxylic acid groups (broad SMARTS) is 1. The summed E-state index contributed by atoms with van der Waals surface area (Å²) in [5.41, 5.74) is 0. The predicted molar refractivity (Wildman–Crippen MR) is 39.4 cm³/mol. The summed E-state index contributed by atoms with van der Waals surface area (Å²) < 4.78 is 0. The Bertz CT molecular complexity index is 159. The minimum Gasteiger partial charge on any atom is -0.465 e. The molecule has 56 valence electrons. The fourth-order valence-corrected chi connectivity index (χ4v) is 2.92. The molecule has 0 aromatic heterocycles. The molecular weight excluding hydrogens is 150 g/mol. The number of amides is 1. The topological polar surface area (TPSA) is 40.5 Å². The molecule has 0 saturated carbocycles. The lowest BCUT2D eigenvalue weighted by Crippen LogP contribution is -2.63. The summed E-state index contributed by atoms with van der Waals surface area (Å²) >= 11 is 1.87. The van der Waals surface area contributed by atoms with Gasteiger partial charge < -0.3 is 10.0 Å². The van der Waals surface area contributed by atoms with E-state index in [0.29, 0.717) is 12.1 Å².